The first-order chi connectivity index (χ1) is 7.83. The third-order valence-electron chi connectivity index (χ3n) is 3.41. The Kier molecular flexibility index (Phi) is 2.40. The van der Waals surface area contributed by atoms with Crippen molar-refractivity contribution in [1.29, 1.82) is 0 Å². The molecular weight excluding hydrogens is 202 g/mol. The lowest BCUT2D eigenvalue weighted by atomic mass is 10.0. The van der Waals surface area contributed by atoms with Crippen molar-refractivity contribution in [2.75, 3.05) is 13.2 Å². The molecule has 1 aliphatic heterocycles. The van der Waals surface area contributed by atoms with Crippen molar-refractivity contribution in [3.8, 4) is 0 Å². The molecular formula is C13H15NO2. The molecule has 0 spiro atoms. The molecule has 1 amide bonds. The van der Waals surface area contributed by atoms with Crippen LogP contribution in [0.15, 0.2) is 24.3 Å². The summed E-state index contributed by atoms with van der Waals surface area (Å²) in [5.41, 5.74) is 2.65. The first kappa shape index (κ1) is 9.85. The second kappa shape index (κ2) is 3.91. The maximum atomic E-state index is 12.0. The summed E-state index contributed by atoms with van der Waals surface area (Å²) in [4.78, 5) is 12.0. The minimum Gasteiger partial charge on any atom is -0.377 e. The molecule has 0 saturated carbocycles. The Hall–Kier alpha value is -1.35. The summed E-state index contributed by atoms with van der Waals surface area (Å²) >= 11 is 0. The number of nitrogens with one attached hydrogen (secondary N) is 1. The maximum absolute atomic E-state index is 12.0. The number of amides is 1. The van der Waals surface area contributed by atoms with Crippen LogP contribution < -0.4 is 5.32 Å². The highest BCUT2D eigenvalue weighted by molar-refractivity contribution is 5.80. The highest BCUT2D eigenvalue weighted by Crippen LogP contribution is 2.26. The summed E-state index contributed by atoms with van der Waals surface area (Å²) in [5.74, 6) is 0.308. The van der Waals surface area contributed by atoms with Gasteiger partial charge in [-0.05, 0) is 24.0 Å². The van der Waals surface area contributed by atoms with Crippen LogP contribution in [-0.4, -0.2) is 25.2 Å². The fourth-order valence-electron chi connectivity index (χ4n) is 2.38. The molecule has 0 radical (unpaired) electrons. The Morgan fingerprint density at radius 1 is 1.19 bits per heavy atom. The summed E-state index contributed by atoms with van der Waals surface area (Å²) in [6, 6.07) is 8.57. The molecule has 0 bridgehead atoms. The second-order valence-corrected chi connectivity index (χ2v) is 4.62. The number of fused-ring (bicyclic) bond motifs is 1. The molecule has 1 aromatic carbocycles. The zero-order chi connectivity index (χ0) is 11.0. The average Bonchev–Trinajstić information content (AvgIpc) is 2.66. The second-order valence-electron chi connectivity index (χ2n) is 4.62. The van der Waals surface area contributed by atoms with Crippen molar-refractivity contribution in [2.24, 2.45) is 5.92 Å². The predicted molar refractivity (Wildman–Crippen MR) is 60.1 cm³/mol. The summed E-state index contributed by atoms with van der Waals surface area (Å²) in [7, 11) is 0. The van der Waals surface area contributed by atoms with Crippen LogP contribution in [0.25, 0.3) is 0 Å². The Morgan fingerprint density at radius 3 is 2.31 bits per heavy atom. The van der Waals surface area contributed by atoms with E-state index in [1.165, 1.54) is 11.1 Å². The van der Waals surface area contributed by atoms with Crippen molar-refractivity contribution < 1.29 is 9.53 Å². The molecule has 1 fully saturated rings. The van der Waals surface area contributed by atoms with Crippen LogP contribution in [0.1, 0.15) is 11.1 Å². The molecule has 84 valence electrons. The van der Waals surface area contributed by atoms with Gasteiger partial charge in [-0.2, -0.15) is 0 Å². The van der Waals surface area contributed by atoms with Gasteiger partial charge in [-0.15, -0.1) is 0 Å². The number of ether oxygens (including phenoxy) is 1. The summed E-state index contributed by atoms with van der Waals surface area (Å²) < 4.78 is 5.05. The van der Waals surface area contributed by atoms with Crippen LogP contribution >= 0.6 is 0 Å². The van der Waals surface area contributed by atoms with Gasteiger partial charge in [-0.1, -0.05) is 24.3 Å². The molecule has 16 heavy (non-hydrogen) atoms. The van der Waals surface area contributed by atoms with Gasteiger partial charge in [0.1, 0.15) is 0 Å². The van der Waals surface area contributed by atoms with E-state index in [0.29, 0.717) is 13.2 Å². The van der Waals surface area contributed by atoms with Gasteiger partial charge in [-0.25, -0.2) is 0 Å². The minimum atomic E-state index is 0.123. The van der Waals surface area contributed by atoms with Gasteiger partial charge in [0.15, 0.2) is 0 Å². The smallest absolute Gasteiger partial charge is 0.224 e. The van der Waals surface area contributed by atoms with Gasteiger partial charge in [0.25, 0.3) is 0 Å². The van der Waals surface area contributed by atoms with Crippen molar-refractivity contribution in [3.05, 3.63) is 35.4 Å². The first-order valence-corrected chi connectivity index (χ1v) is 5.78. The first-order valence-electron chi connectivity index (χ1n) is 5.78. The van der Waals surface area contributed by atoms with E-state index in [1.807, 2.05) is 12.1 Å². The molecule has 0 aromatic heterocycles. The predicted octanol–water partition coefficient (Wildman–Crippen LogP) is 0.916. The van der Waals surface area contributed by atoms with E-state index < -0.39 is 0 Å². The lowest BCUT2D eigenvalue weighted by Crippen LogP contribution is -2.50. The highest BCUT2D eigenvalue weighted by Gasteiger charge is 2.29. The third kappa shape index (κ3) is 1.71. The third-order valence-corrected chi connectivity index (χ3v) is 3.41. The van der Waals surface area contributed by atoms with Gasteiger partial charge < -0.3 is 10.1 Å². The minimum absolute atomic E-state index is 0.123. The van der Waals surface area contributed by atoms with Gasteiger partial charge in [-0.3, -0.25) is 4.79 Å². The summed E-state index contributed by atoms with van der Waals surface area (Å²) in [5, 5.41) is 3.03. The molecule has 0 unspecified atom stereocenters. The van der Waals surface area contributed by atoms with Crippen LogP contribution in [0.3, 0.4) is 0 Å². The highest BCUT2D eigenvalue weighted by atomic mass is 16.5. The van der Waals surface area contributed by atoms with Gasteiger partial charge in [0, 0.05) is 5.92 Å². The molecule has 0 atom stereocenters. The van der Waals surface area contributed by atoms with Crippen LogP contribution in [-0.2, 0) is 22.4 Å². The number of hydrogen-bond acceptors (Lipinski definition) is 2. The average molecular weight is 217 g/mol. The monoisotopic (exact) mass is 217 g/mol. The number of carbonyl (C=O) groups excluding carboxylic acids is 1. The Bertz CT molecular complexity index is 387. The topological polar surface area (TPSA) is 38.3 Å². The van der Waals surface area contributed by atoms with Crippen LogP contribution in [0, 0.1) is 5.92 Å². The van der Waals surface area contributed by atoms with E-state index in [0.717, 1.165) is 12.8 Å². The van der Waals surface area contributed by atoms with Crippen LogP contribution in [0.5, 0.6) is 0 Å². The van der Waals surface area contributed by atoms with E-state index in [4.69, 9.17) is 4.74 Å². The molecule has 3 rings (SSSR count). The van der Waals surface area contributed by atoms with E-state index in [1.54, 1.807) is 0 Å². The van der Waals surface area contributed by atoms with Gasteiger partial charge in [0.2, 0.25) is 5.91 Å². The van der Waals surface area contributed by atoms with E-state index >= 15 is 0 Å². The SMILES string of the molecule is O=C(NC1COC1)C1Cc2ccccc2C1. The number of rotatable bonds is 2. The molecule has 1 N–H and O–H groups in total. The lowest BCUT2D eigenvalue weighted by Gasteiger charge is -2.28. The Morgan fingerprint density at radius 2 is 1.81 bits per heavy atom. The number of carbonyl (C=O) groups is 1. The van der Waals surface area contributed by atoms with Crippen molar-refractivity contribution in [3.63, 3.8) is 0 Å². The van der Waals surface area contributed by atoms with Crippen LogP contribution in [0.2, 0.25) is 0 Å². The molecule has 1 saturated heterocycles. The van der Waals surface area contributed by atoms with E-state index in [9.17, 15) is 4.79 Å². The fourth-order valence-corrected chi connectivity index (χ4v) is 2.38. The van der Waals surface area contributed by atoms with Crippen molar-refractivity contribution in [1.82, 2.24) is 5.32 Å². The maximum Gasteiger partial charge on any atom is 0.224 e. The normalized spacial score (nSPS) is 20.2. The Balaban J connectivity index is 1.64. The quantitative estimate of drug-likeness (QED) is 0.800. The fraction of sp³-hybridized carbons (Fsp3) is 0.462. The Labute approximate surface area is 94.8 Å². The van der Waals surface area contributed by atoms with E-state index in [2.05, 4.69) is 17.4 Å². The molecule has 1 aromatic rings. The lowest BCUT2D eigenvalue weighted by molar-refractivity contribution is -0.128. The summed E-state index contributed by atoms with van der Waals surface area (Å²) in [6.07, 6.45) is 1.77. The summed E-state index contributed by atoms with van der Waals surface area (Å²) in [6.45, 7) is 1.34. The van der Waals surface area contributed by atoms with Crippen LogP contribution in [0.4, 0.5) is 0 Å². The van der Waals surface area contributed by atoms with Crippen molar-refractivity contribution >= 4 is 5.91 Å². The van der Waals surface area contributed by atoms with E-state index in [-0.39, 0.29) is 17.9 Å². The zero-order valence-electron chi connectivity index (χ0n) is 9.11. The molecule has 2 aliphatic rings. The number of benzene rings is 1. The molecule has 3 nitrogen and oxygen atoms in total. The number of hydrogen-bond donors (Lipinski definition) is 1. The molecule has 1 aliphatic carbocycles. The standard InChI is InChI=1S/C13H15NO2/c15-13(14-12-7-16-8-12)11-5-9-3-1-2-4-10(9)6-11/h1-4,11-12H,5-8H2,(H,14,15). The van der Waals surface area contributed by atoms with Gasteiger partial charge in [0.05, 0.1) is 19.3 Å². The largest absolute Gasteiger partial charge is 0.377 e. The zero-order valence-corrected chi connectivity index (χ0v) is 9.11. The molecule has 1 heterocycles. The van der Waals surface area contributed by atoms with Gasteiger partial charge >= 0.3 is 0 Å². The van der Waals surface area contributed by atoms with Crippen molar-refractivity contribution in [2.45, 2.75) is 18.9 Å². The molecule has 3 heteroatoms.